The lowest BCUT2D eigenvalue weighted by Crippen LogP contribution is -2.37. The summed E-state index contributed by atoms with van der Waals surface area (Å²) in [5.74, 6) is 1.55. The van der Waals surface area contributed by atoms with Gasteiger partial charge in [0.1, 0.15) is 17.7 Å². The van der Waals surface area contributed by atoms with Gasteiger partial charge in [-0.3, -0.25) is 4.98 Å². The van der Waals surface area contributed by atoms with Crippen molar-refractivity contribution in [2.24, 2.45) is 0 Å². The van der Waals surface area contributed by atoms with E-state index >= 15 is 0 Å². The third-order valence-corrected chi connectivity index (χ3v) is 8.25. The Morgan fingerprint density at radius 1 is 1.16 bits per heavy atom. The fraction of sp³-hybridized carbons (Fsp3) is 0.500. The Balaban J connectivity index is 1.30. The lowest BCUT2D eigenvalue weighted by Gasteiger charge is -2.31. The van der Waals surface area contributed by atoms with E-state index in [1.165, 1.54) is 0 Å². The fourth-order valence-corrected chi connectivity index (χ4v) is 5.82. The highest BCUT2D eigenvalue weighted by Gasteiger charge is 2.36. The van der Waals surface area contributed by atoms with Crippen LogP contribution in [-0.4, -0.2) is 82.3 Å². The molecule has 4 aromatic rings. The van der Waals surface area contributed by atoms with E-state index in [9.17, 15) is 10.1 Å². The Hall–Kier alpha value is -4.13. The number of aromatic nitrogens is 6. The summed E-state index contributed by atoms with van der Waals surface area (Å²) in [5, 5.41) is 15.7. The summed E-state index contributed by atoms with van der Waals surface area (Å²) in [4.78, 5) is 27.5. The number of morpholine rings is 1. The van der Waals surface area contributed by atoms with E-state index in [1.807, 2.05) is 44.7 Å². The van der Waals surface area contributed by atoms with Gasteiger partial charge in [0.2, 0.25) is 5.88 Å². The molecule has 1 aliphatic heterocycles. The molecule has 1 saturated carbocycles. The lowest BCUT2D eigenvalue weighted by molar-refractivity contribution is -0.391. The van der Waals surface area contributed by atoms with Gasteiger partial charge in [0.15, 0.2) is 15.7 Å². The van der Waals surface area contributed by atoms with Crippen molar-refractivity contribution in [2.45, 2.75) is 63.1 Å². The summed E-state index contributed by atoms with van der Waals surface area (Å²) in [6.07, 6.45) is 12.8. The molecule has 0 N–H and O–H groups in total. The summed E-state index contributed by atoms with van der Waals surface area (Å²) < 4.78 is 22.3. The van der Waals surface area contributed by atoms with Gasteiger partial charge < -0.3 is 33.8 Å². The average Bonchev–Trinajstić information content (AvgIpc) is 3.70. The van der Waals surface area contributed by atoms with Gasteiger partial charge in [-0.15, -0.1) is 0 Å². The Bertz CT molecular complexity index is 1580. The zero-order valence-electron chi connectivity index (χ0n) is 25.0. The van der Waals surface area contributed by atoms with E-state index in [2.05, 4.69) is 19.5 Å². The molecule has 0 spiro atoms. The van der Waals surface area contributed by atoms with Crippen LogP contribution in [-0.2, 0) is 10.1 Å². The highest BCUT2D eigenvalue weighted by molar-refractivity contribution is 6.39. The van der Waals surface area contributed by atoms with Gasteiger partial charge >= 0.3 is 5.82 Å². The number of rotatable bonds is 9. The Morgan fingerprint density at radius 3 is 2.60 bits per heavy atom. The Kier molecular flexibility index (Phi) is 7.99. The SMILES string of the molecule is BC(B)(Oc1cnc2cc(N3CCOCC3)nc(O[C@H]3CC[C@@H](n4ccnc4)CC3)c2c1)c1cn(C(C)C)nc1[N+](=O)[O-]. The van der Waals surface area contributed by atoms with Crippen molar-refractivity contribution in [1.29, 1.82) is 0 Å². The zero-order chi connectivity index (χ0) is 30.1. The monoisotopic (exact) mass is 586 g/mol. The number of hydrogen-bond acceptors (Lipinski definition) is 10. The summed E-state index contributed by atoms with van der Waals surface area (Å²) >= 11 is 0. The molecular formula is C28H36B2N8O5. The first-order valence-electron chi connectivity index (χ1n) is 14.9. The number of hydrogen-bond donors (Lipinski definition) is 0. The largest absolute Gasteiger partial charge is 0.499 e. The molecule has 1 saturated heterocycles. The van der Waals surface area contributed by atoms with Crippen LogP contribution in [0.2, 0.25) is 0 Å². The number of fused-ring (bicyclic) bond motifs is 1. The number of pyridine rings is 2. The molecule has 2 fully saturated rings. The third-order valence-electron chi connectivity index (χ3n) is 8.25. The molecule has 4 aromatic heterocycles. The van der Waals surface area contributed by atoms with Gasteiger partial charge in [0.25, 0.3) is 0 Å². The third kappa shape index (κ3) is 6.17. The van der Waals surface area contributed by atoms with E-state index in [0.717, 1.165) is 55.5 Å². The molecule has 0 radical (unpaired) electrons. The quantitative estimate of drug-likeness (QED) is 0.163. The van der Waals surface area contributed by atoms with Gasteiger partial charge in [-0.25, -0.2) is 4.98 Å². The normalized spacial score (nSPS) is 19.6. The van der Waals surface area contributed by atoms with Gasteiger partial charge in [-0.2, -0.15) is 9.67 Å². The Morgan fingerprint density at radius 2 is 1.93 bits per heavy atom. The summed E-state index contributed by atoms with van der Waals surface area (Å²) in [5.41, 5.74) is 1.13. The lowest BCUT2D eigenvalue weighted by atomic mass is 9.61. The molecule has 0 atom stereocenters. The molecular weight excluding hydrogens is 550 g/mol. The van der Waals surface area contributed by atoms with Crippen molar-refractivity contribution >= 4 is 38.2 Å². The summed E-state index contributed by atoms with van der Waals surface area (Å²) in [6, 6.07) is 4.22. The van der Waals surface area contributed by atoms with Crippen molar-refractivity contribution in [2.75, 3.05) is 31.2 Å². The summed E-state index contributed by atoms with van der Waals surface area (Å²) in [6.45, 7) is 6.61. The first kappa shape index (κ1) is 29.0. The van der Waals surface area contributed by atoms with Crippen molar-refractivity contribution in [3.8, 4) is 11.6 Å². The van der Waals surface area contributed by atoms with Gasteiger partial charge in [-0.1, -0.05) is 0 Å². The number of nitrogens with zero attached hydrogens (tertiary/aromatic N) is 8. The standard InChI is InChI=1S/C28H36B2N8O5/c1-18(2)37-16-23(26(34-37)38(39)40)28(29,30)43-21-13-22-24(32-15-21)14-25(35-9-11-41-12-10-35)33-27(22)42-20-5-3-19(4-6-20)36-8-7-31-17-36/h7-8,13-20H,3-6,9-12,29-30H2,1-2H3/t19-,20+. The van der Waals surface area contributed by atoms with E-state index in [1.54, 1.807) is 32.8 Å². The molecule has 0 aromatic carbocycles. The van der Waals surface area contributed by atoms with Crippen LogP contribution in [0.15, 0.2) is 43.2 Å². The molecule has 6 rings (SSSR count). The number of imidazole rings is 1. The van der Waals surface area contributed by atoms with Crippen LogP contribution in [0.5, 0.6) is 11.6 Å². The fourth-order valence-electron chi connectivity index (χ4n) is 5.82. The molecule has 13 nitrogen and oxygen atoms in total. The molecule has 224 valence electrons. The topological polar surface area (TPSA) is 135 Å². The number of anilines is 1. The predicted octanol–water partition coefficient (Wildman–Crippen LogP) is 2.37. The Labute approximate surface area is 251 Å². The second-order valence-electron chi connectivity index (χ2n) is 12.0. The van der Waals surface area contributed by atoms with Crippen LogP contribution < -0.4 is 14.4 Å². The second-order valence-corrected chi connectivity index (χ2v) is 12.0. The van der Waals surface area contributed by atoms with Crippen molar-refractivity contribution in [3.63, 3.8) is 0 Å². The first-order chi connectivity index (χ1) is 20.7. The van der Waals surface area contributed by atoms with Crippen LogP contribution in [0.25, 0.3) is 10.9 Å². The average molecular weight is 586 g/mol. The van der Waals surface area contributed by atoms with Crippen LogP contribution in [0, 0.1) is 10.1 Å². The van der Waals surface area contributed by atoms with E-state index < -0.39 is 10.3 Å². The molecule has 43 heavy (non-hydrogen) atoms. The van der Waals surface area contributed by atoms with Crippen LogP contribution in [0.1, 0.15) is 57.2 Å². The maximum Gasteiger partial charge on any atom is 0.395 e. The minimum Gasteiger partial charge on any atom is -0.499 e. The summed E-state index contributed by atoms with van der Waals surface area (Å²) in [7, 11) is 3.59. The number of ether oxygens (including phenoxy) is 3. The van der Waals surface area contributed by atoms with Crippen molar-refractivity contribution < 1.29 is 19.1 Å². The molecule has 2 aliphatic rings. The highest BCUT2D eigenvalue weighted by atomic mass is 16.6. The minimum absolute atomic E-state index is 0.0148. The predicted molar refractivity (Wildman–Crippen MR) is 165 cm³/mol. The van der Waals surface area contributed by atoms with Crippen molar-refractivity contribution in [1.82, 2.24) is 29.3 Å². The first-order valence-corrected chi connectivity index (χ1v) is 14.9. The minimum atomic E-state index is -1.06. The molecule has 1 aliphatic carbocycles. The maximum absolute atomic E-state index is 11.8. The number of nitro groups is 1. The molecule has 0 amide bonds. The maximum atomic E-state index is 11.8. The zero-order valence-corrected chi connectivity index (χ0v) is 25.0. The van der Waals surface area contributed by atoms with Gasteiger partial charge in [-0.05, 0) is 50.5 Å². The molecule has 0 unspecified atom stereocenters. The van der Waals surface area contributed by atoms with E-state index in [4.69, 9.17) is 24.2 Å². The van der Waals surface area contributed by atoms with Crippen LogP contribution in [0.4, 0.5) is 11.6 Å². The molecule has 0 bridgehead atoms. The van der Waals surface area contributed by atoms with Crippen LogP contribution >= 0.6 is 0 Å². The highest BCUT2D eigenvalue weighted by Crippen LogP contribution is 2.36. The van der Waals surface area contributed by atoms with E-state index in [0.29, 0.717) is 36.4 Å². The second kappa shape index (κ2) is 11.9. The molecule has 15 heteroatoms. The molecule has 5 heterocycles. The van der Waals surface area contributed by atoms with Gasteiger partial charge in [0.05, 0.1) is 64.9 Å². The smallest absolute Gasteiger partial charge is 0.395 e. The van der Waals surface area contributed by atoms with Crippen molar-refractivity contribution in [3.05, 3.63) is 58.9 Å². The van der Waals surface area contributed by atoms with Gasteiger partial charge in [0, 0.05) is 37.6 Å². The van der Waals surface area contributed by atoms with E-state index in [-0.39, 0.29) is 18.0 Å². The van der Waals surface area contributed by atoms with Crippen LogP contribution in [0.3, 0.4) is 0 Å².